The number of benzene rings is 2. The van der Waals surface area contributed by atoms with Gasteiger partial charge in [0.2, 0.25) is 11.6 Å². The van der Waals surface area contributed by atoms with Gasteiger partial charge >= 0.3 is 11.9 Å². The molecule has 0 spiro atoms. The number of methoxy groups -OCH3 is 4. The Morgan fingerprint density at radius 3 is 2.16 bits per heavy atom. The number of carbonyl (C=O) groups is 2. The van der Waals surface area contributed by atoms with Gasteiger partial charge < -0.3 is 28.1 Å². The second-order valence-corrected chi connectivity index (χ2v) is 6.51. The van der Waals surface area contributed by atoms with Gasteiger partial charge in [-0.25, -0.2) is 9.78 Å². The zero-order valence-corrected chi connectivity index (χ0v) is 18.2. The molecule has 32 heavy (non-hydrogen) atoms. The summed E-state index contributed by atoms with van der Waals surface area (Å²) in [4.78, 5) is 28.7. The number of aromatic nitrogens is 1. The lowest BCUT2D eigenvalue weighted by Crippen LogP contribution is -2.09. The summed E-state index contributed by atoms with van der Waals surface area (Å²) in [6.45, 7) is 0.115. The van der Waals surface area contributed by atoms with Gasteiger partial charge in [0.15, 0.2) is 23.0 Å². The van der Waals surface area contributed by atoms with Crippen LogP contribution in [0.3, 0.4) is 0 Å². The number of rotatable bonds is 9. The van der Waals surface area contributed by atoms with E-state index in [9.17, 15) is 9.59 Å². The summed E-state index contributed by atoms with van der Waals surface area (Å²) in [6.07, 6.45) is -0.263. The minimum Gasteiger partial charge on any atom is -0.493 e. The number of ether oxygens (including phenoxy) is 5. The van der Waals surface area contributed by atoms with Crippen LogP contribution in [0.25, 0.3) is 11.3 Å². The quantitative estimate of drug-likeness (QED) is 0.462. The summed E-state index contributed by atoms with van der Waals surface area (Å²) in [5, 5.41) is 0. The lowest BCUT2D eigenvalue weighted by molar-refractivity contribution is -0.144. The van der Waals surface area contributed by atoms with Crippen LogP contribution < -0.4 is 14.2 Å². The molecule has 0 aliphatic rings. The Balaban J connectivity index is 1.90. The van der Waals surface area contributed by atoms with Crippen LogP contribution in [0.2, 0.25) is 0 Å². The lowest BCUT2D eigenvalue weighted by atomic mass is 10.1. The highest BCUT2D eigenvalue weighted by molar-refractivity contribution is 5.94. The van der Waals surface area contributed by atoms with E-state index in [1.54, 1.807) is 12.1 Å². The van der Waals surface area contributed by atoms with Crippen LogP contribution in [0, 0.1) is 0 Å². The van der Waals surface area contributed by atoms with E-state index in [0.29, 0.717) is 22.8 Å². The molecule has 0 bridgehead atoms. The second-order valence-electron chi connectivity index (χ2n) is 6.51. The summed E-state index contributed by atoms with van der Waals surface area (Å²) < 4.78 is 31.9. The summed E-state index contributed by atoms with van der Waals surface area (Å²) in [5.74, 6) is -0.0723. The highest BCUT2D eigenvalue weighted by Gasteiger charge is 2.26. The van der Waals surface area contributed by atoms with E-state index in [1.807, 2.05) is 30.3 Å². The third kappa shape index (κ3) is 5.00. The van der Waals surface area contributed by atoms with Crippen molar-refractivity contribution in [2.75, 3.05) is 28.4 Å². The van der Waals surface area contributed by atoms with Gasteiger partial charge in [0.1, 0.15) is 13.0 Å². The SMILES string of the molecule is COC(=O)c1nc(CC(=O)OCc2ccccc2)oc1-c1cc(OC)c(OC)c(OC)c1. The minimum absolute atomic E-state index is 0.00668. The minimum atomic E-state index is -0.721. The predicted molar refractivity (Wildman–Crippen MR) is 113 cm³/mol. The first kappa shape index (κ1) is 22.7. The molecule has 9 nitrogen and oxygen atoms in total. The van der Waals surface area contributed by atoms with Gasteiger partial charge in [-0.15, -0.1) is 0 Å². The molecule has 9 heteroatoms. The third-order valence-electron chi connectivity index (χ3n) is 4.52. The summed E-state index contributed by atoms with van der Waals surface area (Å²) in [5.41, 5.74) is 1.19. The van der Waals surface area contributed by atoms with Gasteiger partial charge in [0.05, 0.1) is 28.4 Å². The van der Waals surface area contributed by atoms with Crippen LogP contribution in [0.15, 0.2) is 46.9 Å². The van der Waals surface area contributed by atoms with E-state index in [-0.39, 0.29) is 30.4 Å². The standard InChI is InChI=1S/C23H23NO8/c1-27-16-10-15(11-17(28-2)22(16)29-3)21-20(23(26)30-4)24-18(32-21)12-19(25)31-13-14-8-6-5-7-9-14/h5-11H,12-13H2,1-4H3. The normalized spacial score (nSPS) is 10.4. The molecule has 0 N–H and O–H groups in total. The number of carbonyl (C=O) groups excluding carboxylic acids is 2. The van der Waals surface area contributed by atoms with Gasteiger partial charge in [-0.1, -0.05) is 30.3 Å². The molecule has 1 aromatic heterocycles. The largest absolute Gasteiger partial charge is 0.493 e. The monoisotopic (exact) mass is 441 g/mol. The van der Waals surface area contributed by atoms with Crippen molar-refractivity contribution in [3.8, 4) is 28.6 Å². The first-order valence-electron chi connectivity index (χ1n) is 9.58. The molecule has 0 radical (unpaired) electrons. The lowest BCUT2D eigenvalue weighted by Gasteiger charge is -2.13. The predicted octanol–water partition coefficient (Wildman–Crippen LogP) is 3.44. The smallest absolute Gasteiger partial charge is 0.360 e. The molecule has 0 aliphatic heterocycles. The van der Waals surface area contributed by atoms with E-state index in [0.717, 1.165) is 5.56 Å². The molecular formula is C23H23NO8. The van der Waals surface area contributed by atoms with Crippen molar-refractivity contribution >= 4 is 11.9 Å². The van der Waals surface area contributed by atoms with E-state index in [4.69, 9.17) is 28.1 Å². The molecule has 0 atom stereocenters. The first-order valence-corrected chi connectivity index (χ1v) is 9.58. The van der Waals surface area contributed by atoms with Gasteiger partial charge in [0.25, 0.3) is 0 Å². The fourth-order valence-electron chi connectivity index (χ4n) is 3.00. The molecule has 3 rings (SSSR count). The van der Waals surface area contributed by atoms with Gasteiger partial charge in [-0.3, -0.25) is 4.79 Å². The Kier molecular flexibility index (Phi) is 7.33. The van der Waals surface area contributed by atoms with E-state index in [1.165, 1.54) is 28.4 Å². The van der Waals surface area contributed by atoms with Gasteiger partial charge in [-0.05, 0) is 17.7 Å². The number of hydrogen-bond acceptors (Lipinski definition) is 9. The van der Waals surface area contributed by atoms with Crippen LogP contribution in [0.1, 0.15) is 21.9 Å². The Morgan fingerprint density at radius 2 is 1.59 bits per heavy atom. The number of hydrogen-bond donors (Lipinski definition) is 0. The molecular weight excluding hydrogens is 418 g/mol. The average molecular weight is 441 g/mol. The van der Waals surface area contributed by atoms with Crippen molar-refractivity contribution in [1.82, 2.24) is 4.98 Å². The molecule has 0 unspecified atom stereocenters. The number of oxazole rings is 1. The van der Waals surface area contributed by atoms with E-state index < -0.39 is 11.9 Å². The highest BCUT2D eigenvalue weighted by Crippen LogP contribution is 2.42. The molecule has 168 valence electrons. The van der Waals surface area contributed by atoms with Crippen molar-refractivity contribution in [1.29, 1.82) is 0 Å². The summed E-state index contributed by atoms with van der Waals surface area (Å²) in [7, 11) is 5.64. The number of nitrogens with zero attached hydrogens (tertiary/aromatic N) is 1. The molecule has 0 fully saturated rings. The van der Waals surface area contributed by atoms with Crippen LogP contribution in [0.5, 0.6) is 17.2 Å². The highest BCUT2D eigenvalue weighted by atomic mass is 16.5. The molecule has 0 saturated carbocycles. The maximum Gasteiger partial charge on any atom is 0.360 e. The maximum atomic E-state index is 12.3. The Labute approximate surface area is 184 Å². The molecule has 2 aromatic carbocycles. The van der Waals surface area contributed by atoms with Gasteiger partial charge in [-0.2, -0.15) is 0 Å². The molecule has 3 aromatic rings. The van der Waals surface area contributed by atoms with Crippen LogP contribution >= 0.6 is 0 Å². The van der Waals surface area contributed by atoms with Crippen molar-refractivity contribution in [3.63, 3.8) is 0 Å². The third-order valence-corrected chi connectivity index (χ3v) is 4.52. The van der Waals surface area contributed by atoms with E-state index >= 15 is 0 Å². The van der Waals surface area contributed by atoms with Crippen molar-refractivity contribution in [3.05, 3.63) is 59.6 Å². The van der Waals surface area contributed by atoms with E-state index in [2.05, 4.69) is 4.98 Å². The Hall–Kier alpha value is -4.01. The average Bonchev–Trinajstić information content (AvgIpc) is 3.25. The van der Waals surface area contributed by atoms with Crippen molar-refractivity contribution in [2.45, 2.75) is 13.0 Å². The number of esters is 2. The fourth-order valence-corrected chi connectivity index (χ4v) is 3.00. The maximum absolute atomic E-state index is 12.3. The fraction of sp³-hybridized carbons (Fsp3) is 0.261. The zero-order chi connectivity index (χ0) is 23.1. The second kappa shape index (κ2) is 10.3. The van der Waals surface area contributed by atoms with Crippen LogP contribution in [-0.2, 0) is 27.3 Å². The van der Waals surface area contributed by atoms with Crippen LogP contribution in [-0.4, -0.2) is 45.4 Å². The molecule has 0 amide bonds. The Bertz CT molecular complexity index is 1070. The molecule has 0 saturated heterocycles. The van der Waals surface area contributed by atoms with Gasteiger partial charge in [0, 0.05) is 5.56 Å². The molecule has 0 aliphatic carbocycles. The summed E-state index contributed by atoms with van der Waals surface area (Å²) >= 11 is 0. The molecule has 1 heterocycles. The Morgan fingerprint density at radius 1 is 0.938 bits per heavy atom. The first-order chi connectivity index (χ1) is 15.5. The topological polar surface area (TPSA) is 106 Å². The zero-order valence-electron chi connectivity index (χ0n) is 18.2. The van der Waals surface area contributed by atoms with Crippen molar-refractivity contribution in [2.24, 2.45) is 0 Å². The van der Waals surface area contributed by atoms with Crippen molar-refractivity contribution < 1.29 is 37.7 Å². The van der Waals surface area contributed by atoms with Crippen LogP contribution in [0.4, 0.5) is 0 Å². The summed E-state index contributed by atoms with van der Waals surface area (Å²) in [6, 6.07) is 12.5.